The second-order valence-corrected chi connectivity index (χ2v) is 5.60. The normalized spacial score (nSPS) is 18.8. The van der Waals surface area contributed by atoms with Crippen molar-refractivity contribution in [3.63, 3.8) is 0 Å². The number of aromatic hydroxyl groups is 1. The van der Waals surface area contributed by atoms with E-state index in [1.54, 1.807) is 12.1 Å². The summed E-state index contributed by atoms with van der Waals surface area (Å²) in [6, 6.07) is 2.89. The van der Waals surface area contributed by atoms with E-state index >= 15 is 0 Å². The second-order valence-electron chi connectivity index (χ2n) is 4.28. The topological polar surface area (TPSA) is 35.5 Å². The van der Waals surface area contributed by atoms with Gasteiger partial charge >= 0.3 is 0 Å². The minimum Gasteiger partial charge on any atom is -0.506 e. The molecule has 1 aromatic rings. The number of halogens is 3. The van der Waals surface area contributed by atoms with Crippen LogP contribution in [0.25, 0.3) is 0 Å². The molecule has 0 aromatic heterocycles. The van der Waals surface area contributed by atoms with Crippen LogP contribution < -0.4 is 5.32 Å². The van der Waals surface area contributed by atoms with Gasteiger partial charge in [-0.2, -0.15) is 0 Å². The molecule has 1 fully saturated rings. The molecule has 18 heavy (non-hydrogen) atoms. The lowest BCUT2D eigenvalue weighted by Crippen LogP contribution is -2.45. The summed E-state index contributed by atoms with van der Waals surface area (Å²) >= 11 is 9.25. The lowest BCUT2D eigenvalue weighted by atomic mass is 10.0. The summed E-state index contributed by atoms with van der Waals surface area (Å²) in [5, 5.41) is 13.5. The average molecular weight is 338 g/mol. The molecule has 1 aliphatic heterocycles. The zero-order chi connectivity index (χ0) is 13.1. The Morgan fingerprint density at radius 1 is 1.44 bits per heavy atom. The van der Waals surface area contributed by atoms with Gasteiger partial charge in [-0.3, -0.25) is 4.90 Å². The summed E-state index contributed by atoms with van der Waals surface area (Å²) in [6.07, 6.45) is 0. The van der Waals surface area contributed by atoms with Crippen LogP contribution in [0.3, 0.4) is 0 Å². The first-order chi connectivity index (χ1) is 8.63. The Labute approximate surface area is 119 Å². The van der Waals surface area contributed by atoms with E-state index in [9.17, 15) is 9.50 Å². The zero-order valence-electron chi connectivity index (χ0n) is 9.80. The molecule has 2 rings (SSSR count). The van der Waals surface area contributed by atoms with E-state index < -0.39 is 12.7 Å². The minimum absolute atomic E-state index is 0.0268. The van der Waals surface area contributed by atoms with Gasteiger partial charge in [0.1, 0.15) is 12.4 Å². The fourth-order valence-electron chi connectivity index (χ4n) is 2.21. The van der Waals surface area contributed by atoms with Gasteiger partial charge in [-0.15, -0.1) is 0 Å². The van der Waals surface area contributed by atoms with Crippen LogP contribution in [0.4, 0.5) is 4.39 Å². The number of piperazine rings is 1. The van der Waals surface area contributed by atoms with E-state index in [0.717, 1.165) is 30.7 Å². The molecule has 0 saturated carbocycles. The Morgan fingerprint density at radius 2 is 2.11 bits per heavy atom. The van der Waals surface area contributed by atoms with Crippen molar-refractivity contribution in [3.8, 4) is 5.75 Å². The van der Waals surface area contributed by atoms with E-state index in [1.807, 2.05) is 4.90 Å². The SMILES string of the molecule is Oc1c(Cl)cc(Br)cc1[C@H](CF)N1CCNCC1. The van der Waals surface area contributed by atoms with Gasteiger partial charge in [0.2, 0.25) is 0 Å². The molecular formula is C12H15BrClFN2O. The molecule has 100 valence electrons. The van der Waals surface area contributed by atoms with Crippen LogP contribution in [0.2, 0.25) is 5.02 Å². The van der Waals surface area contributed by atoms with Crippen molar-refractivity contribution in [2.75, 3.05) is 32.9 Å². The molecule has 1 heterocycles. The molecule has 0 amide bonds. The Balaban J connectivity index is 2.31. The van der Waals surface area contributed by atoms with Gasteiger partial charge in [0.05, 0.1) is 11.1 Å². The molecule has 2 N–H and O–H groups in total. The Bertz CT molecular complexity index is 427. The van der Waals surface area contributed by atoms with Gasteiger partial charge in [0, 0.05) is 36.2 Å². The van der Waals surface area contributed by atoms with Crippen molar-refractivity contribution >= 4 is 27.5 Å². The molecule has 0 unspecified atom stereocenters. The van der Waals surface area contributed by atoms with Gasteiger partial charge in [0.25, 0.3) is 0 Å². The van der Waals surface area contributed by atoms with Gasteiger partial charge < -0.3 is 10.4 Å². The average Bonchev–Trinajstić information content (AvgIpc) is 2.37. The van der Waals surface area contributed by atoms with Crippen molar-refractivity contribution in [2.24, 2.45) is 0 Å². The summed E-state index contributed by atoms with van der Waals surface area (Å²) in [7, 11) is 0. The van der Waals surface area contributed by atoms with Gasteiger partial charge in [-0.1, -0.05) is 27.5 Å². The maximum absolute atomic E-state index is 13.3. The maximum Gasteiger partial charge on any atom is 0.139 e. The third-order valence-corrected chi connectivity index (χ3v) is 3.90. The molecule has 1 aromatic carbocycles. The highest BCUT2D eigenvalue weighted by atomic mass is 79.9. The highest BCUT2D eigenvalue weighted by Crippen LogP contribution is 2.37. The van der Waals surface area contributed by atoms with Crippen LogP contribution >= 0.6 is 27.5 Å². The molecule has 1 saturated heterocycles. The van der Waals surface area contributed by atoms with Gasteiger partial charge in [-0.25, -0.2) is 4.39 Å². The highest BCUT2D eigenvalue weighted by Gasteiger charge is 2.25. The van der Waals surface area contributed by atoms with Crippen molar-refractivity contribution in [1.29, 1.82) is 0 Å². The van der Waals surface area contributed by atoms with Gasteiger partial charge in [-0.05, 0) is 12.1 Å². The van der Waals surface area contributed by atoms with E-state index in [-0.39, 0.29) is 10.8 Å². The molecule has 1 aliphatic rings. The van der Waals surface area contributed by atoms with Crippen LogP contribution in [0.15, 0.2) is 16.6 Å². The largest absolute Gasteiger partial charge is 0.506 e. The fourth-order valence-corrected chi connectivity index (χ4v) is 3.05. The molecule has 0 bridgehead atoms. The van der Waals surface area contributed by atoms with Crippen LogP contribution in [0, 0.1) is 0 Å². The van der Waals surface area contributed by atoms with Crippen molar-refractivity contribution < 1.29 is 9.50 Å². The quantitative estimate of drug-likeness (QED) is 0.890. The second kappa shape index (κ2) is 6.19. The first-order valence-corrected chi connectivity index (χ1v) is 6.99. The minimum atomic E-state index is -0.541. The van der Waals surface area contributed by atoms with E-state index in [2.05, 4.69) is 21.2 Å². The lowest BCUT2D eigenvalue weighted by molar-refractivity contribution is 0.145. The number of alkyl halides is 1. The molecule has 0 radical (unpaired) electrons. The number of nitrogens with zero attached hydrogens (tertiary/aromatic N) is 1. The van der Waals surface area contributed by atoms with Crippen LogP contribution in [-0.2, 0) is 0 Å². The number of hydrogen-bond donors (Lipinski definition) is 2. The van der Waals surface area contributed by atoms with Crippen LogP contribution in [0.5, 0.6) is 5.75 Å². The Hall–Kier alpha value is -0.360. The molecule has 0 spiro atoms. The summed E-state index contributed by atoms with van der Waals surface area (Å²) in [6.45, 7) is 2.65. The monoisotopic (exact) mass is 336 g/mol. The predicted molar refractivity (Wildman–Crippen MR) is 74.0 cm³/mol. The number of nitrogens with one attached hydrogen (secondary N) is 1. The number of rotatable bonds is 3. The standard InChI is InChI=1S/C12H15BrClFN2O/c13-8-5-9(12(18)10(14)6-8)11(7-15)17-3-1-16-2-4-17/h5-6,11,16,18H,1-4,7H2/t11-/m0/s1. The summed E-state index contributed by atoms with van der Waals surface area (Å²) in [4.78, 5) is 2.02. The number of benzene rings is 1. The molecule has 1 atom stereocenters. The number of hydrogen-bond acceptors (Lipinski definition) is 3. The van der Waals surface area contributed by atoms with Crippen molar-refractivity contribution in [1.82, 2.24) is 10.2 Å². The number of phenols is 1. The number of phenolic OH excluding ortho intramolecular Hbond substituents is 1. The summed E-state index contributed by atoms with van der Waals surface area (Å²) in [5.41, 5.74) is 0.541. The van der Waals surface area contributed by atoms with E-state index in [0.29, 0.717) is 5.56 Å². The molecule has 6 heteroatoms. The lowest BCUT2D eigenvalue weighted by Gasteiger charge is -2.34. The van der Waals surface area contributed by atoms with Crippen molar-refractivity contribution in [2.45, 2.75) is 6.04 Å². The molecule has 3 nitrogen and oxygen atoms in total. The first-order valence-electron chi connectivity index (χ1n) is 5.82. The predicted octanol–water partition coefficient (Wildman–Crippen LogP) is 2.72. The third-order valence-electron chi connectivity index (χ3n) is 3.16. The van der Waals surface area contributed by atoms with Gasteiger partial charge in [0.15, 0.2) is 0 Å². The summed E-state index contributed by atoms with van der Waals surface area (Å²) in [5.74, 6) is -0.0268. The van der Waals surface area contributed by atoms with E-state index in [1.165, 1.54) is 0 Å². The van der Waals surface area contributed by atoms with Crippen LogP contribution in [-0.4, -0.2) is 42.9 Å². The van der Waals surface area contributed by atoms with Crippen LogP contribution in [0.1, 0.15) is 11.6 Å². The summed E-state index contributed by atoms with van der Waals surface area (Å²) < 4.78 is 14.1. The van der Waals surface area contributed by atoms with E-state index in [4.69, 9.17) is 11.6 Å². The molecule has 0 aliphatic carbocycles. The first kappa shape index (κ1) is 14.1. The Kier molecular flexibility index (Phi) is 4.84. The fraction of sp³-hybridized carbons (Fsp3) is 0.500. The smallest absolute Gasteiger partial charge is 0.139 e. The Morgan fingerprint density at radius 3 is 2.72 bits per heavy atom. The third kappa shape index (κ3) is 2.96. The maximum atomic E-state index is 13.3. The van der Waals surface area contributed by atoms with Crippen molar-refractivity contribution in [3.05, 3.63) is 27.2 Å². The molecular weight excluding hydrogens is 323 g/mol. The highest BCUT2D eigenvalue weighted by molar-refractivity contribution is 9.10. The zero-order valence-corrected chi connectivity index (χ0v) is 12.1.